The summed E-state index contributed by atoms with van der Waals surface area (Å²) in [7, 11) is 0. The van der Waals surface area contributed by atoms with Crippen molar-refractivity contribution in [1.82, 2.24) is 9.38 Å². The Labute approximate surface area is 186 Å². The second-order valence-corrected chi connectivity index (χ2v) is 9.58. The van der Waals surface area contributed by atoms with E-state index in [1.54, 1.807) is 0 Å². The minimum Gasteiger partial charge on any atom is -0.307 e. The Morgan fingerprint density at radius 1 is 0.719 bits per heavy atom. The molecule has 2 nitrogen and oxygen atoms in total. The number of nitrogens with zero attached hydrogens (tertiary/aromatic N) is 2. The third kappa shape index (κ3) is 2.07. The molecule has 0 radical (unpaired) electrons. The summed E-state index contributed by atoms with van der Waals surface area (Å²) in [6.07, 6.45) is 1.96. The second kappa shape index (κ2) is 5.98. The van der Waals surface area contributed by atoms with E-state index >= 15 is 0 Å². The van der Waals surface area contributed by atoms with E-state index in [9.17, 15) is 0 Å². The molecule has 0 bridgehead atoms. The van der Waals surface area contributed by atoms with Crippen LogP contribution in [-0.2, 0) is 0 Å². The minimum atomic E-state index is 0.441. The van der Waals surface area contributed by atoms with Gasteiger partial charge in [-0.05, 0) is 59.2 Å². The summed E-state index contributed by atoms with van der Waals surface area (Å²) in [5.74, 6) is 0.441. The zero-order chi connectivity index (χ0) is 21.7. The number of hydrogen-bond donors (Lipinski definition) is 0. The van der Waals surface area contributed by atoms with E-state index in [0.717, 1.165) is 5.52 Å². The molecule has 7 aromatic rings. The normalized spacial score (nSPS) is 12.7. The van der Waals surface area contributed by atoms with Crippen LogP contribution in [0.1, 0.15) is 36.5 Å². The van der Waals surface area contributed by atoms with Gasteiger partial charge in [-0.1, -0.05) is 67.9 Å². The van der Waals surface area contributed by atoms with Crippen molar-refractivity contribution in [2.75, 3.05) is 0 Å². The molecule has 32 heavy (non-hydrogen) atoms. The van der Waals surface area contributed by atoms with Crippen molar-refractivity contribution in [3.63, 3.8) is 0 Å². The maximum absolute atomic E-state index is 4.94. The molecule has 0 atom stereocenters. The Morgan fingerprint density at radius 3 is 2.38 bits per heavy atom. The number of aromatic nitrogens is 2. The van der Waals surface area contributed by atoms with E-state index in [4.69, 9.17) is 4.98 Å². The zero-order valence-corrected chi connectivity index (χ0v) is 18.8. The van der Waals surface area contributed by atoms with Crippen LogP contribution in [0, 0.1) is 13.8 Å². The van der Waals surface area contributed by atoms with Crippen LogP contribution in [0.15, 0.2) is 66.9 Å². The first-order valence-corrected chi connectivity index (χ1v) is 11.4. The highest BCUT2D eigenvalue weighted by atomic mass is 14.9. The molecule has 0 spiro atoms. The molecular weight excluding hydrogens is 388 g/mol. The summed E-state index contributed by atoms with van der Waals surface area (Å²) in [6, 6.07) is 22.6. The molecule has 7 rings (SSSR count). The minimum absolute atomic E-state index is 0.441. The molecule has 4 aromatic carbocycles. The second-order valence-electron chi connectivity index (χ2n) is 9.58. The van der Waals surface area contributed by atoms with Crippen LogP contribution in [0.25, 0.3) is 59.8 Å². The highest BCUT2D eigenvalue weighted by Gasteiger charge is 2.22. The van der Waals surface area contributed by atoms with Crippen molar-refractivity contribution in [2.24, 2.45) is 0 Å². The van der Waals surface area contributed by atoms with Gasteiger partial charge in [0, 0.05) is 27.7 Å². The van der Waals surface area contributed by atoms with Crippen LogP contribution in [0.5, 0.6) is 0 Å². The summed E-state index contributed by atoms with van der Waals surface area (Å²) in [4.78, 5) is 4.94. The fourth-order valence-corrected chi connectivity index (χ4v) is 5.88. The van der Waals surface area contributed by atoms with E-state index in [0.29, 0.717) is 5.92 Å². The topological polar surface area (TPSA) is 17.3 Å². The Bertz CT molecular complexity index is 1870. The third-order valence-electron chi connectivity index (χ3n) is 7.33. The van der Waals surface area contributed by atoms with Crippen molar-refractivity contribution < 1.29 is 0 Å². The van der Waals surface area contributed by atoms with Crippen LogP contribution in [0.4, 0.5) is 0 Å². The number of benzene rings is 4. The maximum atomic E-state index is 4.94. The van der Waals surface area contributed by atoms with E-state index in [-0.39, 0.29) is 0 Å². The standard InChI is InChI=1S/C30H24N2/c1-16(2)21-6-5-7-22-23-11-10-19-12-13-31-27-25-15-20-9-8-17(3)14-24(20)18(4)28(25)32(29(21)22)30(23)26(19)27/h5-16H,1-4H3. The molecule has 0 N–H and O–H groups in total. The summed E-state index contributed by atoms with van der Waals surface area (Å²) in [6.45, 7) is 9.05. The van der Waals surface area contributed by atoms with Gasteiger partial charge in [-0.15, -0.1) is 0 Å². The Balaban J connectivity index is 1.94. The van der Waals surface area contributed by atoms with Crippen LogP contribution in [0.3, 0.4) is 0 Å². The fourth-order valence-electron chi connectivity index (χ4n) is 5.88. The van der Waals surface area contributed by atoms with Crippen molar-refractivity contribution in [3.8, 4) is 0 Å². The van der Waals surface area contributed by atoms with Gasteiger partial charge in [0.1, 0.15) is 0 Å². The Kier molecular flexibility index (Phi) is 3.36. The number of pyridine rings is 2. The SMILES string of the molecule is Cc1ccc2cc3c4nccc5ccc6c7cccc(C(C)C)c7n(c3c(C)c2c1)c6c54. The first-order valence-electron chi connectivity index (χ1n) is 11.4. The molecule has 0 aliphatic carbocycles. The molecule has 0 unspecified atom stereocenters. The van der Waals surface area contributed by atoms with E-state index in [1.165, 1.54) is 70.9 Å². The molecule has 0 saturated heterocycles. The number of para-hydroxylation sites is 1. The maximum Gasteiger partial charge on any atom is 0.0823 e. The lowest BCUT2D eigenvalue weighted by molar-refractivity contribution is 0.872. The third-order valence-corrected chi connectivity index (χ3v) is 7.33. The quantitative estimate of drug-likeness (QED) is 0.196. The van der Waals surface area contributed by atoms with Crippen molar-refractivity contribution in [3.05, 3.63) is 83.6 Å². The highest BCUT2D eigenvalue weighted by Crippen LogP contribution is 2.44. The largest absolute Gasteiger partial charge is 0.307 e. The van der Waals surface area contributed by atoms with Crippen LogP contribution in [-0.4, -0.2) is 9.38 Å². The summed E-state index contributed by atoms with van der Waals surface area (Å²) in [5.41, 5.74) is 9.06. The molecule has 0 saturated carbocycles. The predicted octanol–water partition coefficient (Wildman–Crippen LogP) is 8.28. The average molecular weight is 413 g/mol. The molecular formula is C30H24N2. The molecule has 0 aliphatic rings. The molecule has 154 valence electrons. The number of hydrogen-bond acceptors (Lipinski definition) is 1. The van der Waals surface area contributed by atoms with Gasteiger partial charge in [0.05, 0.1) is 22.1 Å². The molecule has 0 amide bonds. The molecule has 3 aromatic heterocycles. The van der Waals surface area contributed by atoms with Crippen molar-refractivity contribution in [1.29, 1.82) is 0 Å². The first-order chi connectivity index (χ1) is 15.5. The lowest BCUT2D eigenvalue weighted by Crippen LogP contribution is -1.99. The van der Waals surface area contributed by atoms with Crippen molar-refractivity contribution >= 4 is 59.8 Å². The number of fused-ring (bicyclic) bond motifs is 7. The lowest BCUT2D eigenvalue weighted by Gasteiger charge is -2.17. The van der Waals surface area contributed by atoms with Gasteiger partial charge < -0.3 is 4.40 Å². The van der Waals surface area contributed by atoms with Crippen LogP contribution >= 0.6 is 0 Å². The number of aryl methyl sites for hydroxylation is 2. The summed E-state index contributed by atoms with van der Waals surface area (Å²) < 4.78 is 2.56. The first kappa shape index (κ1) is 18.0. The summed E-state index contributed by atoms with van der Waals surface area (Å²) >= 11 is 0. The molecule has 2 heteroatoms. The lowest BCUT2D eigenvalue weighted by atomic mass is 9.96. The van der Waals surface area contributed by atoms with Gasteiger partial charge >= 0.3 is 0 Å². The van der Waals surface area contributed by atoms with E-state index < -0.39 is 0 Å². The molecule has 0 aliphatic heterocycles. The number of rotatable bonds is 1. The predicted molar refractivity (Wildman–Crippen MR) is 137 cm³/mol. The highest BCUT2D eigenvalue weighted by molar-refractivity contribution is 6.29. The Hall–Kier alpha value is -3.65. The molecule has 3 heterocycles. The van der Waals surface area contributed by atoms with Gasteiger partial charge in [-0.25, -0.2) is 0 Å². The van der Waals surface area contributed by atoms with Gasteiger partial charge in [0.25, 0.3) is 0 Å². The van der Waals surface area contributed by atoms with E-state index in [2.05, 4.69) is 92.8 Å². The van der Waals surface area contributed by atoms with Gasteiger partial charge in [-0.3, -0.25) is 4.98 Å². The Morgan fingerprint density at radius 2 is 1.53 bits per heavy atom. The van der Waals surface area contributed by atoms with Crippen LogP contribution in [0.2, 0.25) is 0 Å². The zero-order valence-electron chi connectivity index (χ0n) is 18.8. The van der Waals surface area contributed by atoms with E-state index in [1.807, 2.05) is 6.20 Å². The van der Waals surface area contributed by atoms with Crippen molar-refractivity contribution in [2.45, 2.75) is 33.6 Å². The summed E-state index contributed by atoms with van der Waals surface area (Å²) in [5, 5.41) is 9.02. The van der Waals surface area contributed by atoms with Gasteiger partial charge in [0.2, 0.25) is 0 Å². The smallest absolute Gasteiger partial charge is 0.0823 e. The van der Waals surface area contributed by atoms with Gasteiger partial charge in [0.15, 0.2) is 0 Å². The molecule has 0 fully saturated rings. The fraction of sp³-hybridized carbons (Fsp3) is 0.167. The monoisotopic (exact) mass is 412 g/mol. The average Bonchev–Trinajstić information content (AvgIpc) is 3.14. The van der Waals surface area contributed by atoms with Gasteiger partial charge in [-0.2, -0.15) is 0 Å². The van der Waals surface area contributed by atoms with Crippen LogP contribution < -0.4 is 0 Å².